The summed E-state index contributed by atoms with van der Waals surface area (Å²) in [6, 6.07) is 1.95. The van der Waals surface area contributed by atoms with Gasteiger partial charge in [-0.05, 0) is 62.8 Å². The molecule has 2 saturated carbocycles. The highest BCUT2D eigenvalue weighted by atomic mass is 16.2. The minimum atomic E-state index is -0.154. The summed E-state index contributed by atoms with van der Waals surface area (Å²) in [5, 5.41) is 9.82. The first kappa shape index (κ1) is 20.0. The van der Waals surface area contributed by atoms with Crippen molar-refractivity contribution in [3.63, 3.8) is 0 Å². The fourth-order valence-electron chi connectivity index (χ4n) is 4.55. The molecule has 2 aliphatic rings. The van der Waals surface area contributed by atoms with Gasteiger partial charge in [0.2, 0.25) is 0 Å². The molecule has 2 aromatic heterocycles. The number of carbonyl (C=O) groups is 1. The minimum Gasteiger partial charge on any atom is -0.267 e. The van der Waals surface area contributed by atoms with Crippen molar-refractivity contribution in [1.29, 1.82) is 0 Å². The van der Waals surface area contributed by atoms with Crippen LogP contribution in [0.1, 0.15) is 93.4 Å². The number of aromatic nitrogens is 3. The van der Waals surface area contributed by atoms with Gasteiger partial charge in [-0.1, -0.05) is 27.2 Å². The van der Waals surface area contributed by atoms with Crippen molar-refractivity contribution in [2.45, 2.75) is 78.6 Å². The summed E-state index contributed by atoms with van der Waals surface area (Å²) in [6.07, 6.45) is 7.75. The molecule has 0 aliphatic heterocycles. The molecule has 0 aromatic carbocycles. The lowest BCUT2D eigenvalue weighted by molar-refractivity contribution is 0.0955. The number of pyridine rings is 1. The van der Waals surface area contributed by atoms with Crippen molar-refractivity contribution < 1.29 is 4.79 Å². The molecule has 2 fully saturated rings. The number of hydrogen-bond donors (Lipinski definition) is 1. The van der Waals surface area contributed by atoms with Gasteiger partial charge in [0.25, 0.3) is 5.91 Å². The third-order valence-corrected chi connectivity index (χ3v) is 7.12. The Morgan fingerprint density at radius 2 is 1.97 bits per heavy atom. The number of amides is 1. The molecule has 0 saturated heterocycles. The maximum Gasteiger partial charge on any atom is 0.272 e. The highest BCUT2D eigenvalue weighted by Gasteiger charge is 2.31. The number of nitrogens with one attached hydrogen (secondary N) is 1. The Labute approximate surface area is 173 Å². The van der Waals surface area contributed by atoms with Gasteiger partial charge in [0.15, 0.2) is 5.65 Å². The second-order valence-corrected chi connectivity index (χ2v) is 9.51. The normalized spacial score (nSPS) is 20.2. The van der Waals surface area contributed by atoms with Gasteiger partial charge < -0.3 is 0 Å². The third kappa shape index (κ3) is 3.94. The van der Waals surface area contributed by atoms with E-state index in [2.05, 4.69) is 36.4 Å². The van der Waals surface area contributed by atoms with Crippen LogP contribution < -0.4 is 5.43 Å². The average molecular weight is 396 g/mol. The quantitative estimate of drug-likeness (QED) is 0.734. The fourth-order valence-corrected chi connectivity index (χ4v) is 4.55. The van der Waals surface area contributed by atoms with Crippen LogP contribution in [0.3, 0.4) is 0 Å². The van der Waals surface area contributed by atoms with Gasteiger partial charge in [0.05, 0.1) is 16.6 Å². The summed E-state index contributed by atoms with van der Waals surface area (Å²) in [5.74, 6) is 1.06. The van der Waals surface area contributed by atoms with Gasteiger partial charge in [0, 0.05) is 24.4 Å². The number of rotatable bonds is 5. The van der Waals surface area contributed by atoms with Crippen LogP contribution in [0.4, 0.5) is 0 Å². The third-order valence-electron chi connectivity index (χ3n) is 7.12. The minimum absolute atomic E-state index is 0.154. The topological polar surface area (TPSA) is 72.2 Å². The van der Waals surface area contributed by atoms with E-state index in [1.807, 2.05) is 20.0 Å². The van der Waals surface area contributed by atoms with Crippen LogP contribution in [-0.4, -0.2) is 26.4 Å². The predicted molar refractivity (Wildman–Crippen MR) is 116 cm³/mol. The molecule has 2 aliphatic carbocycles. The van der Waals surface area contributed by atoms with Crippen LogP contribution >= 0.6 is 0 Å². The molecule has 0 spiro atoms. The predicted octanol–water partition coefficient (Wildman–Crippen LogP) is 4.87. The molecule has 6 nitrogen and oxygen atoms in total. The largest absolute Gasteiger partial charge is 0.272 e. The Morgan fingerprint density at radius 1 is 1.28 bits per heavy atom. The zero-order chi connectivity index (χ0) is 20.8. The van der Waals surface area contributed by atoms with Crippen LogP contribution in [0.15, 0.2) is 11.2 Å². The second kappa shape index (κ2) is 7.54. The molecule has 2 aromatic rings. The Hall–Kier alpha value is -2.24. The van der Waals surface area contributed by atoms with Crippen LogP contribution in [-0.2, 0) is 7.05 Å². The van der Waals surface area contributed by atoms with Crippen LogP contribution in [0.25, 0.3) is 11.0 Å². The second-order valence-electron chi connectivity index (χ2n) is 9.51. The smallest absolute Gasteiger partial charge is 0.267 e. The summed E-state index contributed by atoms with van der Waals surface area (Å²) < 4.78 is 1.77. The van der Waals surface area contributed by atoms with E-state index in [9.17, 15) is 4.79 Å². The first-order chi connectivity index (χ1) is 13.8. The van der Waals surface area contributed by atoms with Gasteiger partial charge in [-0.3, -0.25) is 9.48 Å². The lowest BCUT2D eigenvalue weighted by atomic mass is 9.69. The van der Waals surface area contributed by atoms with Crippen molar-refractivity contribution in [2.24, 2.45) is 23.5 Å². The van der Waals surface area contributed by atoms with E-state index in [4.69, 9.17) is 4.98 Å². The average Bonchev–Trinajstić information content (AvgIpc) is 3.52. The van der Waals surface area contributed by atoms with E-state index in [1.165, 1.54) is 6.42 Å². The highest BCUT2D eigenvalue weighted by Crippen LogP contribution is 2.41. The summed E-state index contributed by atoms with van der Waals surface area (Å²) in [5.41, 5.74) is 7.59. The zero-order valence-corrected chi connectivity index (χ0v) is 18.4. The molecular formula is C23H33N5O. The molecule has 0 atom stereocenters. The number of carbonyl (C=O) groups excluding carboxylic acids is 1. The molecule has 0 radical (unpaired) electrons. The van der Waals surface area contributed by atoms with Crippen molar-refractivity contribution in [1.82, 2.24) is 20.2 Å². The molecular weight excluding hydrogens is 362 g/mol. The van der Waals surface area contributed by atoms with E-state index in [1.54, 1.807) is 4.68 Å². The van der Waals surface area contributed by atoms with Gasteiger partial charge in [-0.25, -0.2) is 10.4 Å². The Bertz CT molecular complexity index is 957. The van der Waals surface area contributed by atoms with E-state index < -0.39 is 0 Å². The van der Waals surface area contributed by atoms with Gasteiger partial charge >= 0.3 is 0 Å². The fraction of sp³-hybridized carbons (Fsp3) is 0.652. The first-order valence-corrected chi connectivity index (χ1v) is 11.0. The monoisotopic (exact) mass is 395 g/mol. The van der Waals surface area contributed by atoms with E-state index in [0.717, 1.165) is 72.6 Å². The first-order valence-electron chi connectivity index (χ1n) is 11.0. The summed E-state index contributed by atoms with van der Waals surface area (Å²) in [4.78, 5) is 17.8. The molecule has 29 heavy (non-hydrogen) atoms. The molecule has 1 amide bonds. The molecule has 0 bridgehead atoms. The van der Waals surface area contributed by atoms with Gasteiger partial charge in [-0.15, -0.1) is 0 Å². The van der Waals surface area contributed by atoms with Crippen molar-refractivity contribution >= 4 is 22.7 Å². The number of hydrogen-bond acceptors (Lipinski definition) is 4. The molecule has 1 N–H and O–H groups in total. The Morgan fingerprint density at radius 3 is 2.59 bits per heavy atom. The number of nitrogens with zero attached hydrogens (tertiary/aromatic N) is 4. The molecule has 6 heteroatoms. The number of fused-ring (bicyclic) bond motifs is 1. The van der Waals surface area contributed by atoms with E-state index >= 15 is 0 Å². The Balaban J connectivity index is 1.52. The van der Waals surface area contributed by atoms with Gasteiger partial charge in [-0.2, -0.15) is 10.2 Å². The molecule has 4 rings (SSSR count). The van der Waals surface area contributed by atoms with E-state index in [-0.39, 0.29) is 5.91 Å². The maximum absolute atomic E-state index is 13.0. The SMILES string of the molecule is CCC(C)(C)C1CCC(=NNC(=O)c2cc(C3CC3)nc3c2c(C)nn3C)CC1. The van der Waals surface area contributed by atoms with Crippen molar-refractivity contribution in [3.05, 3.63) is 23.0 Å². The summed E-state index contributed by atoms with van der Waals surface area (Å²) in [6.45, 7) is 8.93. The van der Waals surface area contributed by atoms with Crippen LogP contribution in [0, 0.1) is 18.3 Å². The molecule has 156 valence electrons. The maximum atomic E-state index is 13.0. The van der Waals surface area contributed by atoms with E-state index in [0.29, 0.717) is 16.9 Å². The standard InChI is InChI=1S/C23H33N5O/c1-6-23(3,4)16-9-11-17(12-10-16)25-26-22(29)18-13-19(15-7-8-15)24-21-20(18)14(2)27-28(21)5/h13,15-16H,6-12H2,1-5H3,(H,26,29). The molecule has 2 heterocycles. The Kier molecular flexibility index (Phi) is 5.21. The zero-order valence-electron chi connectivity index (χ0n) is 18.4. The highest BCUT2D eigenvalue weighted by molar-refractivity contribution is 6.07. The number of aryl methyl sites for hydroxylation is 2. The number of hydrazone groups is 1. The van der Waals surface area contributed by atoms with Crippen molar-refractivity contribution in [3.8, 4) is 0 Å². The lowest BCUT2D eigenvalue weighted by Crippen LogP contribution is -2.29. The van der Waals surface area contributed by atoms with Crippen LogP contribution in [0.2, 0.25) is 0 Å². The van der Waals surface area contributed by atoms with Crippen LogP contribution in [0.5, 0.6) is 0 Å². The summed E-state index contributed by atoms with van der Waals surface area (Å²) >= 11 is 0. The molecule has 0 unspecified atom stereocenters. The lowest BCUT2D eigenvalue weighted by Gasteiger charge is -2.36. The summed E-state index contributed by atoms with van der Waals surface area (Å²) in [7, 11) is 1.89. The van der Waals surface area contributed by atoms with Gasteiger partial charge in [0.1, 0.15) is 0 Å². The van der Waals surface area contributed by atoms with Crippen molar-refractivity contribution in [2.75, 3.05) is 0 Å².